The van der Waals surface area contributed by atoms with Crippen LogP contribution in [0.25, 0.3) is 0 Å². The molecular formula is C13H10ClF3N2O. The number of alkyl halides is 3. The fourth-order valence-electron chi connectivity index (χ4n) is 1.53. The Balaban J connectivity index is 2.13. The standard InChI is InChI=1S/C13H10ClF3N2O/c14-8-1-6-11(18)12(7-8)19-9-2-4-10(5-3-9)20-13(15,16)17/h1-7,19H,18H2. The molecule has 106 valence electrons. The zero-order chi connectivity index (χ0) is 14.8. The normalized spacial score (nSPS) is 11.2. The van der Waals surface area contributed by atoms with Crippen molar-refractivity contribution in [3.05, 3.63) is 47.5 Å². The smallest absolute Gasteiger partial charge is 0.406 e. The van der Waals surface area contributed by atoms with Crippen molar-refractivity contribution in [1.29, 1.82) is 0 Å². The van der Waals surface area contributed by atoms with Crippen molar-refractivity contribution in [2.75, 3.05) is 11.1 Å². The van der Waals surface area contributed by atoms with E-state index in [1.165, 1.54) is 24.3 Å². The summed E-state index contributed by atoms with van der Waals surface area (Å²) in [6.07, 6.45) is -4.70. The van der Waals surface area contributed by atoms with E-state index in [-0.39, 0.29) is 5.75 Å². The third kappa shape index (κ3) is 3.96. The number of benzene rings is 2. The van der Waals surface area contributed by atoms with Crippen LogP contribution in [-0.2, 0) is 0 Å². The maximum atomic E-state index is 12.0. The third-order valence-electron chi connectivity index (χ3n) is 2.38. The van der Waals surface area contributed by atoms with E-state index in [1.54, 1.807) is 18.2 Å². The summed E-state index contributed by atoms with van der Waals surface area (Å²) in [5, 5.41) is 3.46. The summed E-state index contributed by atoms with van der Waals surface area (Å²) in [4.78, 5) is 0. The summed E-state index contributed by atoms with van der Waals surface area (Å²) in [6, 6.07) is 10.2. The van der Waals surface area contributed by atoms with Crippen molar-refractivity contribution in [2.45, 2.75) is 6.36 Å². The van der Waals surface area contributed by atoms with Gasteiger partial charge in [-0.25, -0.2) is 0 Å². The Morgan fingerprint density at radius 2 is 1.70 bits per heavy atom. The zero-order valence-corrected chi connectivity index (χ0v) is 10.8. The van der Waals surface area contributed by atoms with Crippen LogP contribution in [0.1, 0.15) is 0 Å². The highest BCUT2D eigenvalue weighted by molar-refractivity contribution is 6.31. The van der Waals surface area contributed by atoms with Crippen LogP contribution in [0.4, 0.5) is 30.2 Å². The van der Waals surface area contributed by atoms with Gasteiger partial charge in [0.2, 0.25) is 0 Å². The molecule has 0 heterocycles. The maximum absolute atomic E-state index is 12.0. The van der Waals surface area contributed by atoms with E-state index < -0.39 is 6.36 Å². The van der Waals surface area contributed by atoms with E-state index in [4.69, 9.17) is 17.3 Å². The second-order valence-electron chi connectivity index (χ2n) is 3.93. The number of nitrogen functional groups attached to an aromatic ring is 1. The van der Waals surface area contributed by atoms with Crippen LogP contribution in [0.15, 0.2) is 42.5 Å². The number of hydrogen-bond donors (Lipinski definition) is 2. The molecule has 0 aliphatic heterocycles. The van der Waals surface area contributed by atoms with Gasteiger partial charge in [-0.3, -0.25) is 0 Å². The molecule has 0 aliphatic carbocycles. The number of rotatable bonds is 3. The second-order valence-corrected chi connectivity index (χ2v) is 4.37. The Labute approximate surface area is 118 Å². The molecule has 0 spiro atoms. The Kier molecular flexibility index (Phi) is 3.94. The van der Waals surface area contributed by atoms with Gasteiger partial charge in [0.05, 0.1) is 11.4 Å². The first-order valence-corrected chi connectivity index (χ1v) is 5.89. The molecule has 3 N–H and O–H groups in total. The van der Waals surface area contributed by atoms with Crippen molar-refractivity contribution in [1.82, 2.24) is 0 Å². The van der Waals surface area contributed by atoms with Crippen LogP contribution in [0.5, 0.6) is 5.75 Å². The first kappa shape index (κ1) is 14.3. The summed E-state index contributed by atoms with van der Waals surface area (Å²) in [6.45, 7) is 0. The highest BCUT2D eigenvalue weighted by Gasteiger charge is 2.30. The van der Waals surface area contributed by atoms with Crippen LogP contribution in [-0.4, -0.2) is 6.36 Å². The summed E-state index contributed by atoms with van der Waals surface area (Å²) in [5.74, 6) is -0.290. The van der Waals surface area contributed by atoms with Crippen LogP contribution >= 0.6 is 11.6 Å². The van der Waals surface area contributed by atoms with E-state index in [0.717, 1.165) is 0 Å². The lowest BCUT2D eigenvalue weighted by Gasteiger charge is -2.12. The quantitative estimate of drug-likeness (QED) is 0.817. The topological polar surface area (TPSA) is 47.3 Å². The van der Waals surface area contributed by atoms with Gasteiger partial charge in [0.1, 0.15) is 5.75 Å². The fourth-order valence-corrected chi connectivity index (χ4v) is 1.70. The molecular weight excluding hydrogens is 293 g/mol. The monoisotopic (exact) mass is 302 g/mol. The summed E-state index contributed by atoms with van der Waals surface area (Å²) in [5.41, 5.74) is 7.37. The Hall–Kier alpha value is -2.08. The first-order valence-electron chi connectivity index (χ1n) is 5.51. The minimum atomic E-state index is -4.70. The molecule has 0 aliphatic rings. The molecule has 7 heteroatoms. The van der Waals surface area contributed by atoms with E-state index in [2.05, 4.69) is 10.1 Å². The third-order valence-corrected chi connectivity index (χ3v) is 2.62. The molecule has 0 bridgehead atoms. The molecule has 0 aromatic heterocycles. The van der Waals surface area contributed by atoms with E-state index in [0.29, 0.717) is 22.1 Å². The van der Waals surface area contributed by atoms with Crippen molar-refractivity contribution in [3.8, 4) is 5.75 Å². The fraction of sp³-hybridized carbons (Fsp3) is 0.0769. The molecule has 0 amide bonds. The minimum absolute atomic E-state index is 0.290. The summed E-state index contributed by atoms with van der Waals surface area (Å²) >= 11 is 5.84. The highest BCUT2D eigenvalue weighted by Crippen LogP contribution is 2.28. The van der Waals surface area contributed by atoms with Gasteiger partial charge in [-0.2, -0.15) is 0 Å². The van der Waals surface area contributed by atoms with Crippen LogP contribution < -0.4 is 15.8 Å². The summed E-state index contributed by atoms with van der Waals surface area (Å²) in [7, 11) is 0. The number of nitrogens with two attached hydrogens (primary N) is 1. The van der Waals surface area contributed by atoms with Crippen molar-refractivity contribution in [2.24, 2.45) is 0 Å². The van der Waals surface area contributed by atoms with Gasteiger partial charge >= 0.3 is 6.36 Å². The molecule has 0 saturated heterocycles. The van der Waals surface area contributed by atoms with Gasteiger partial charge in [-0.1, -0.05) is 11.6 Å². The molecule has 0 radical (unpaired) electrons. The van der Waals surface area contributed by atoms with Crippen molar-refractivity contribution < 1.29 is 17.9 Å². The maximum Gasteiger partial charge on any atom is 0.573 e. The predicted molar refractivity (Wildman–Crippen MR) is 72.3 cm³/mol. The second kappa shape index (κ2) is 5.50. The number of ether oxygens (including phenoxy) is 1. The number of nitrogens with one attached hydrogen (secondary N) is 1. The Bertz CT molecular complexity index is 600. The van der Waals surface area contributed by atoms with Gasteiger partial charge in [0.15, 0.2) is 0 Å². The zero-order valence-electron chi connectivity index (χ0n) is 10.0. The lowest BCUT2D eigenvalue weighted by Crippen LogP contribution is -2.16. The van der Waals surface area contributed by atoms with Gasteiger partial charge < -0.3 is 15.8 Å². The first-order chi connectivity index (χ1) is 9.33. The molecule has 2 aromatic carbocycles. The van der Waals surface area contributed by atoms with E-state index in [9.17, 15) is 13.2 Å². The Morgan fingerprint density at radius 1 is 1.05 bits per heavy atom. The molecule has 0 atom stereocenters. The number of hydrogen-bond acceptors (Lipinski definition) is 3. The molecule has 3 nitrogen and oxygen atoms in total. The van der Waals surface area contributed by atoms with E-state index >= 15 is 0 Å². The average Bonchev–Trinajstić information content (AvgIpc) is 2.34. The molecule has 0 saturated carbocycles. The molecule has 20 heavy (non-hydrogen) atoms. The molecule has 0 fully saturated rings. The molecule has 0 unspecified atom stereocenters. The lowest BCUT2D eigenvalue weighted by molar-refractivity contribution is -0.274. The van der Waals surface area contributed by atoms with Gasteiger partial charge in [-0.05, 0) is 42.5 Å². The van der Waals surface area contributed by atoms with Crippen LogP contribution in [0, 0.1) is 0 Å². The highest BCUT2D eigenvalue weighted by atomic mass is 35.5. The van der Waals surface area contributed by atoms with Gasteiger partial charge in [0, 0.05) is 10.7 Å². The number of halogens is 4. The minimum Gasteiger partial charge on any atom is -0.406 e. The van der Waals surface area contributed by atoms with E-state index in [1.807, 2.05) is 0 Å². The SMILES string of the molecule is Nc1ccc(Cl)cc1Nc1ccc(OC(F)(F)F)cc1. The average molecular weight is 303 g/mol. The lowest BCUT2D eigenvalue weighted by atomic mass is 10.2. The molecule has 2 aromatic rings. The predicted octanol–water partition coefficient (Wildman–Crippen LogP) is 4.56. The van der Waals surface area contributed by atoms with Gasteiger partial charge in [-0.15, -0.1) is 13.2 Å². The van der Waals surface area contributed by atoms with Gasteiger partial charge in [0.25, 0.3) is 0 Å². The molecule has 2 rings (SSSR count). The van der Waals surface area contributed by atoms with Crippen molar-refractivity contribution in [3.63, 3.8) is 0 Å². The van der Waals surface area contributed by atoms with Crippen molar-refractivity contribution >= 4 is 28.7 Å². The summed E-state index contributed by atoms with van der Waals surface area (Å²) < 4.78 is 39.8. The number of anilines is 3. The Morgan fingerprint density at radius 3 is 2.30 bits per heavy atom. The largest absolute Gasteiger partial charge is 0.573 e. The van der Waals surface area contributed by atoms with Crippen LogP contribution in [0.3, 0.4) is 0 Å². The van der Waals surface area contributed by atoms with Crippen LogP contribution in [0.2, 0.25) is 5.02 Å².